The summed E-state index contributed by atoms with van der Waals surface area (Å²) in [5.41, 5.74) is 1.99. The van der Waals surface area contributed by atoms with Crippen LogP contribution in [0.2, 0.25) is 0 Å². The first-order valence-electron chi connectivity index (χ1n) is 7.22. The second-order valence-corrected chi connectivity index (χ2v) is 6.72. The summed E-state index contributed by atoms with van der Waals surface area (Å²) in [6, 6.07) is 16.1. The maximum Gasteiger partial charge on any atom is 0.138 e. The van der Waals surface area contributed by atoms with Crippen LogP contribution < -0.4 is 0 Å². The van der Waals surface area contributed by atoms with Crippen LogP contribution in [0.1, 0.15) is 30.9 Å². The van der Waals surface area contributed by atoms with E-state index in [1.165, 1.54) is 23.5 Å². The Morgan fingerprint density at radius 3 is 1.91 bits per heavy atom. The van der Waals surface area contributed by atoms with Gasteiger partial charge in [-0.2, -0.15) is 5.26 Å². The maximum atomic E-state index is 8.61. The number of benzene rings is 2. The minimum atomic E-state index is 0.946. The zero-order chi connectivity index (χ0) is 15.6. The molecule has 2 rings (SSSR count). The highest BCUT2D eigenvalue weighted by atomic mass is 32.2. The smallest absolute Gasteiger partial charge is 0.138 e. The average Bonchev–Trinajstić information content (AvgIpc) is 2.56. The molecular weight excluding hydrogens is 306 g/mol. The first-order chi connectivity index (χ1) is 10.8. The minimum Gasteiger partial charge on any atom is -0.185 e. The van der Waals surface area contributed by atoms with Gasteiger partial charge in [0.05, 0.1) is 0 Å². The summed E-state index contributed by atoms with van der Waals surface area (Å²) in [6.07, 6.45) is 2.49. The highest BCUT2D eigenvalue weighted by molar-refractivity contribution is 8.03. The fourth-order valence-corrected chi connectivity index (χ4v) is 3.15. The minimum absolute atomic E-state index is 0.946. The van der Waals surface area contributed by atoms with Crippen LogP contribution in [-0.2, 0) is 0 Å². The number of unbranched alkanes of at least 4 members (excludes halogenated alkanes) is 1. The number of hydrogen-bond acceptors (Lipinski definition) is 3. The number of thioether (sulfide) groups is 2. The van der Waals surface area contributed by atoms with Crippen molar-refractivity contribution >= 4 is 23.5 Å². The molecule has 0 spiro atoms. The molecule has 0 bridgehead atoms. The van der Waals surface area contributed by atoms with Gasteiger partial charge in [-0.15, -0.1) is 11.8 Å². The van der Waals surface area contributed by atoms with Crippen molar-refractivity contribution in [3.8, 4) is 17.2 Å². The van der Waals surface area contributed by atoms with Crippen LogP contribution in [-0.4, -0.2) is 5.75 Å². The van der Waals surface area contributed by atoms with E-state index in [9.17, 15) is 0 Å². The van der Waals surface area contributed by atoms with Crippen molar-refractivity contribution in [3.63, 3.8) is 0 Å². The van der Waals surface area contributed by atoms with Gasteiger partial charge < -0.3 is 0 Å². The van der Waals surface area contributed by atoms with E-state index in [4.69, 9.17) is 5.26 Å². The molecule has 0 aliphatic heterocycles. The van der Waals surface area contributed by atoms with Gasteiger partial charge in [0.25, 0.3) is 0 Å². The molecule has 3 heteroatoms. The van der Waals surface area contributed by atoms with E-state index in [-0.39, 0.29) is 0 Å². The van der Waals surface area contributed by atoms with Crippen LogP contribution in [0.5, 0.6) is 0 Å². The largest absolute Gasteiger partial charge is 0.185 e. The number of nitriles is 1. The molecule has 110 valence electrons. The second kappa shape index (κ2) is 9.26. The van der Waals surface area contributed by atoms with Crippen molar-refractivity contribution in [3.05, 3.63) is 59.7 Å². The summed E-state index contributed by atoms with van der Waals surface area (Å²) in [5.74, 6) is 7.50. The molecule has 0 amide bonds. The van der Waals surface area contributed by atoms with E-state index in [1.54, 1.807) is 0 Å². The third kappa shape index (κ3) is 5.53. The molecule has 0 aromatic heterocycles. The van der Waals surface area contributed by atoms with Crippen molar-refractivity contribution in [2.45, 2.75) is 29.6 Å². The van der Waals surface area contributed by atoms with Crippen LogP contribution in [0.25, 0.3) is 0 Å². The van der Waals surface area contributed by atoms with Crippen LogP contribution >= 0.6 is 23.5 Å². The fraction of sp³-hybridized carbons (Fsp3) is 0.211. The molecule has 0 saturated heterocycles. The van der Waals surface area contributed by atoms with Crippen LogP contribution in [0.4, 0.5) is 0 Å². The summed E-state index contributed by atoms with van der Waals surface area (Å²) in [7, 11) is 0. The van der Waals surface area contributed by atoms with E-state index >= 15 is 0 Å². The third-order valence-corrected chi connectivity index (χ3v) is 4.69. The fourth-order valence-electron chi connectivity index (χ4n) is 1.77. The first kappa shape index (κ1) is 16.6. The molecule has 0 aliphatic carbocycles. The highest BCUT2D eigenvalue weighted by Gasteiger charge is 1.95. The molecule has 0 aliphatic rings. The summed E-state index contributed by atoms with van der Waals surface area (Å²) >= 11 is 3.06. The molecule has 0 radical (unpaired) electrons. The van der Waals surface area contributed by atoms with Gasteiger partial charge in [-0.25, -0.2) is 0 Å². The maximum absolute atomic E-state index is 8.61. The zero-order valence-electron chi connectivity index (χ0n) is 12.5. The van der Waals surface area contributed by atoms with Crippen molar-refractivity contribution < 1.29 is 0 Å². The summed E-state index contributed by atoms with van der Waals surface area (Å²) in [6.45, 7) is 2.21. The molecule has 0 unspecified atom stereocenters. The van der Waals surface area contributed by atoms with E-state index in [0.29, 0.717) is 0 Å². The lowest BCUT2D eigenvalue weighted by Gasteiger charge is -2.00. The number of nitrogens with zero attached hydrogens (tertiary/aromatic N) is 1. The summed E-state index contributed by atoms with van der Waals surface area (Å²) in [4.78, 5) is 2.25. The van der Waals surface area contributed by atoms with Gasteiger partial charge in [-0.05, 0) is 72.5 Å². The molecule has 22 heavy (non-hydrogen) atoms. The van der Waals surface area contributed by atoms with E-state index in [1.807, 2.05) is 36.0 Å². The quantitative estimate of drug-likeness (QED) is 0.312. The Balaban J connectivity index is 1.97. The monoisotopic (exact) mass is 323 g/mol. The van der Waals surface area contributed by atoms with Crippen molar-refractivity contribution in [1.29, 1.82) is 5.26 Å². The van der Waals surface area contributed by atoms with E-state index in [0.717, 1.165) is 27.8 Å². The van der Waals surface area contributed by atoms with Crippen LogP contribution in [0, 0.1) is 22.5 Å². The predicted octanol–water partition coefficient (Wildman–Crippen LogP) is 5.55. The molecule has 0 atom stereocenters. The lowest BCUT2D eigenvalue weighted by atomic mass is 10.2. The first-order valence-corrected chi connectivity index (χ1v) is 9.03. The summed E-state index contributed by atoms with van der Waals surface area (Å²) < 4.78 is 0. The Labute approximate surface area is 141 Å². The van der Waals surface area contributed by atoms with Gasteiger partial charge in [0, 0.05) is 20.9 Å². The molecule has 0 fully saturated rings. The van der Waals surface area contributed by atoms with Crippen molar-refractivity contribution in [1.82, 2.24) is 0 Å². The number of thiocyanates is 1. The van der Waals surface area contributed by atoms with Crippen LogP contribution in [0.15, 0.2) is 58.3 Å². The lowest BCUT2D eigenvalue weighted by Crippen LogP contribution is -1.80. The Morgan fingerprint density at radius 1 is 0.864 bits per heavy atom. The normalized spacial score (nSPS) is 9.64. The molecule has 0 N–H and O–H groups in total. The van der Waals surface area contributed by atoms with Crippen LogP contribution in [0.3, 0.4) is 0 Å². The molecule has 2 aromatic carbocycles. The van der Waals surface area contributed by atoms with Gasteiger partial charge in [0.15, 0.2) is 0 Å². The van der Waals surface area contributed by atoms with E-state index < -0.39 is 0 Å². The molecule has 2 aromatic rings. The lowest BCUT2D eigenvalue weighted by molar-refractivity contribution is 0.896. The Kier molecular flexibility index (Phi) is 6.97. The second-order valence-electron chi connectivity index (χ2n) is 4.69. The Hall–Kier alpha value is -1.81. The van der Waals surface area contributed by atoms with Gasteiger partial charge in [-0.3, -0.25) is 0 Å². The Morgan fingerprint density at radius 2 is 1.41 bits per heavy atom. The highest BCUT2D eigenvalue weighted by Crippen LogP contribution is 2.19. The van der Waals surface area contributed by atoms with Gasteiger partial charge in [-0.1, -0.05) is 25.2 Å². The summed E-state index contributed by atoms with van der Waals surface area (Å²) in [5, 5.41) is 10.7. The van der Waals surface area contributed by atoms with Crippen molar-refractivity contribution in [2.24, 2.45) is 0 Å². The molecular formula is C19H17NS2. The number of rotatable bonds is 5. The Bertz CT molecular complexity index is 685. The van der Waals surface area contributed by atoms with Crippen molar-refractivity contribution in [2.75, 3.05) is 5.75 Å². The van der Waals surface area contributed by atoms with Gasteiger partial charge >= 0.3 is 0 Å². The molecule has 0 heterocycles. The topological polar surface area (TPSA) is 23.8 Å². The standard InChI is InChI=1S/C19H17NS2/c1-2-3-14-21-18-10-6-16(7-11-18)4-5-17-8-12-19(13-9-17)22-15-20/h6-13H,2-3,14H2,1H3. The molecule has 0 saturated carbocycles. The zero-order valence-corrected chi connectivity index (χ0v) is 14.1. The average molecular weight is 323 g/mol. The SMILES string of the molecule is CCCCSc1ccc(C#Cc2ccc(SC#N)cc2)cc1. The molecule has 1 nitrogen and oxygen atoms in total. The van der Waals surface area contributed by atoms with E-state index in [2.05, 4.69) is 48.4 Å². The predicted molar refractivity (Wildman–Crippen MR) is 96.0 cm³/mol. The van der Waals surface area contributed by atoms with Gasteiger partial charge in [0.2, 0.25) is 0 Å². The van der Waals surface area contributed by atoms with Gasteiger partial charge in [0.1, 0.15) is 5.40 Å². The third-order valence-electron chi connectivity index (χ3n) is 2.99. The number of hydrogen-bond donors (Lipinski definition) is 0.